The van der Waals surface area contributed by atoms with E-state index in [9.17, 15) is 10.2 Å². The molecule has 1 aromatic carbocycles. The molecule has 0 bridgehead atoms. The fourth-order valence-electron chi connectivity index (χ4n) is 4.26. The minimum Gasteiger partial charge on any atom is -0.390 e. The zero-order valence-corrected chi connectivity index (χ0v) is 16.6. The van der Waals surface area contributed by atoms with Crippen LogP contribution in [0.2, 0.25) is 0 Å². The molecule has 4 heteroatoms. The number of benzene rings is 1. The molecule has 0 amide bonds. The lowest BCUT2D eigenvalue weighted by Gasteiger charge is -2.33. The third kappa shape index (κ3) is 6.05. The van der Waals surface area contributed by atoms with E-state index >= 15 is 0 Å². The number of likely N-dealkylation sites (tertiary alicyclic amines) is 2. The first-order chi connectivity index (χ1) is 12.3. The number of hydrogen-bond donors (Lipinski definition) is 2. The highest BCUT2D eigenvalue weighted by Gasteiger charge is 2.37. The number of hydrogen-bond acceptors (Lipinski definition) is 4. The van der Waals surface area contributed by atoms with E-state index < -0.39 is 11.2 Å². The maximum atomic E-state index is 11.0. The van der Waals surface area contributed by atoms with Crippen molar-refractivity contribution in [1.29, 1.82) is 0 Å². The Balaban J connectivity index is 1.47. The van der Waals surface area contributed by atoms with E-state index in [1.807, 2.05) is 13.8 Å². The van der Waals surface area contributed by atoms with Gasteiger partial charge in [-0.15, -0.1) is 0 Å². The monoisotopic (exact) mass is 360 g/mol. The van der Waals surface area contributed by atoms with Crippen molar-refractivity contribution < 1.29 is 10.2 Å². The molecule has 2 saturated heterocycles. The Morgan fingerprint density at radius 3 is 2.27 bits per heavy atom. The lowest BCUT2D eigenvalue weighted by atomic mass is 9.98. The Morgan fingerprint density at radius 2 is 1.62 bits per heavy atom. The molecule has 1 unspecified atom stereocenters. The molecule has 3 rings (SSSR count). The maximum absolute atomic E-state index is 11.0. The summed E-state index contributed by atoms with van der Waals surface area (Å²) in [5, 5.41) is 20.8. The minimum atomic E-state index is -0.604. The normalized spacial score (nSPS) is 25.7. The first kappa shape index (κ1) is 19.8. The lowest BCUT2D eigenvalue weighted by molar-refractivity contribution is 0.00635. The van der Waals surface area contributed by atoms with Gasteiger partial charge in [-0.1, -0.05) is 30.7 Å². The van der Waals surface area contributed by atoms with Gasteiger partial charge in [0.25, 0.3) is 0 Å². The molecular formula is C22H36N2O2. The van der Waals surface area contributed by atoms with Gasteiger partial charge >= 0.3 is 0 Å². The summed E-state index contributed by atoms with van der Waals surface area (Å²) >= 11 is 0. The van der Waals surface area contributed by atoms with Gasteiger partial charge in [-0.05, 0) is 70.2 Å². The largest absolute Gasteiger partial charge is 0.390 e. The second kappa shape index (κ2) is 8.39. The van der Waals surface area contributed by atoms with Gasteiger partial charge < -0.3 is 15.1 Å². The SMILES string of the molecule is CC(C)(O)CCc1ccc(CN2CCC(O)(CN3CCCCC3)C2)cc1. The Bertz CT molecular complexity index is 561. The molecule has 1 aromatic rings. The smallest absolute Gasteiger partial charge is 0.0912 e. The average molecular weight is 361 g/mol. The third-order valence-electron chi connectivity index (χ3n) is 5.83. The van der Waals surface area contributed by atoms with E-state index in [1.165, 1.54) is 30.4 Å². The molecule has 146 valence electrons. The van der Waals surface area contributed by atoms with E-state index in [0.717, 1.165) is 58.5 Å². The summed E-state index contributed by atoms with van der Waals surface area (Å²) in [6.07, 6.45) is 6.46. The first-order valence-corrected chi connectivity index (χ1v) is 10.3. The first-order valence-electron chi connectivity index (χ1n) is 10.3. The van der Waals surface area contributed by atoms with E-state index in [1.54, 1.807) is 0 Å². The molecule has 0 saturated carbocycles. The summed E-state index contributed by atoms with van der Waals surface area (Å²) in [4.78, 5) is 4.83. The molecule has 2 N–H and O–H groups in total. The molecule has 2 fully saturated rings. The molecule has 2 aliphatic heterocycles. The van der Waals surface area contributed by atoms with Crippen LogP contribution in [0.25, 0.3) is 0 Å². The standard InChI is InChI=1S/C22H36N2O2/c1-21(2,25)11-10-19-6-8-20(9-7-19)16-24-15-12-22(26,18-24)17-23-13-4-3-5-14-23/h6-9,25-26H,3-5,10-18H2,1-2H3. The number of nitrogens with zero attached hydrogens (tertiary/aromatic N) is 2. The van der Waals surface area contributed by atoms with Gasteiger partial charge in [0.15, 0.2) is 0 Å². The van der Waals surface area contributed by atoms with E-state index in [0.29, 0.717) is 0 Å². The van der Waals surface area contributed by atoms with Crippen LogP contribution >= 0.6 is 0 Å². The summed E-state index contributed by atoms with van der Waals surface area (Å²) in [5.74, 6) is 0. The van der Waals surface area contributed by atoms with Crippen molar-refractivity contribution in [2.45, 2.75) is 70.1 Å². The Hall–Kier alpha value is -0.940. The number of β-amino-alcohol motifs (C(OH)–C–C–N with tert-alkyl or cyclic N) is 1. The maximum Gasteiger partial charge on any atom is 0.0912 e. The van der Waals surface area contributed by atoms with Crippen molar-refractivity contribution in [3.05, 3.63) is 35.4 Å². The summed E-state index contributed by atoms with van der Waals surface area (Å²) in [5.41, 5.74) is 1.44. The highest BCUT2D eigenvalue weighted by atomic mass is 16.3. The molecular weight excluding hydrogens is 324 g/mol. The topological polar surface area (TPSA) is 46.9 Å². The van der Waals surface area contributed by atoms with Crippen LogP contribution in [-0.4, -0.2) is 63.9 Å². The van der Waals surface area contributed by atoms with Crippen molar-refractivity contribution in [3.63, 3.8) is 0 Å². The quantitative estimate of drug-likeness (QED) is 0.785. The van der Waals surface area contributed by atoms with Crippen molar-refractivity contribution in [2.75, 3.05) is 32.7 Å². The lowest BCUT2D eigenvalue weighted by Crippen LogP contribution is -2.46. The molecule has 0 aliphatic carbocycles. The number of aryl methyl sites for hydroxylation is 1. The van der Waals surface area contributed by atoms with Crippen LogP contribution in [-0.2, 0) is 13.0 Å². The second-order valence-electron chi connectivity index (χ2n) is 9.15. The molecule has 4 nitrogen and oxygen atoms in total. The van der Waals surface area contributed by atoms with Crippen molar-refractivity contribution >= 4 is 0 Å². The molecule has 26 heavy (non-hydrogen) atoms. The van der Waals surface area contributed by atoms with Crippen LogP contribution in [0, 0.1) is 0 Å². The molecule has 0 radical (unpaired) electrons. The van der Waals surface area contributed by atoms with Crippen LogP contribution in [0.1, 0.15) is 57.1 Å². The zero-order valence-electron chi connectivity index (χ0n) is 16.6. The highest BCUT2D eigenvalue weighted by Crippen LogP contribution is 2.25. The van der Waals surface area contributed by atoms with E-state index in [4.69, 9.17) is 0 Å². The molecule has 0 spiro atoms. The molecule has 2 heterocycles. The summed E-state index contributed by atoms with van der Waals surface area (Å²) in [6, 6.07) is 8.75. The van der Waals surface area contributed by atoms with E-state index in [2.05, 4.69) is 34.1 Å². The second-order valence-corrected chi connectivity index (χ2v) is 9.15. The predicted octanol–water partition coefficient (Wildman–Crippen LogP) is 2.81. The summed E-state index contributed by atoms with van der Waals surface area (Å²) < 4.78 is 0. The minimum absolute atomic E-state index is 0.538. The molecule has 2 aliphatic rings. The van der Waals surface area contributed by atoms with Crippen LogP contribution in [0.5, 0.6) is 0 Å². The highest BCUT2D eigenvalue weighted by molar-refractivity contribution is 5.23. The third-order valence-corrected chi connectivity index (χ3v) is 5.83. The fraction of sp³-hybridized carbons (Fsp3) is 0.727. The number of rotatable bonds is 7. The number of piperidine rings is 1. The Kier molecular flexibility index (Phi) is 6.39. The van der Waals surface area contributed by atoms with Gasteiger partial charge in [-0.25, -0.2) is 0 Å². The summed E-state index contributed by atoms with van der Waals surface area (Å²) in [6.45, 7) is 9.52. The predicted molar refractivity (Wildman–Crippen MR) is 106 cm³/mol. The van der Waals surface area contributed by atoms with Gasteiger partial charge in [0.1, 0.15) is 0 Å². The van der Waals surface area contributed by atoms with E-state index in [-0.39, 0.29) is 0 Å². The molecule has 0 aromatic heterocycles. The Morgan fingerprint density at radius 1 is 0.962 bits per heavy atom. The fourth-order valence-corrected chi connectivity index (χ4v) is 4.26. The van der Waals surface area contributed by atoms with Gasteiger partial charge in [0, 0.05) is 26.2 Å². The van der Waals surface area contributed by atoms with Crippen LogP contribution < -0.4 is 0 Å². The van der Waals surface area contributed by atoms with Gasteiger partial charge in [-0.2, -0.15) is 0 Å². The number of aliphatic hydroxyl groups is 2. The average Bonchev–Trinajstić information content (AvgIpc) is 2.95. The van der Waals surface area contributed by atoms with Gasteiger partial charge in [0.2, 0.25) is 0 Å². The van der Waals surface area contributed by atoms with Crippen molar-refractivity contribution in [2.24, 2.45) is 0 Å². The summed E-state index contributed by atoms with van der Waals surface area (Å²) in [7, 11) is 0. The zero-order chi connectivity index (χ0) is 18.6. The molecule has 1 atom stereocenters. The van der Waals surface area contributed by atoms with Gasteiger partial charge in [0.05, 0.1) is 11.2 Å². The van der Waals surface area contributed by atoms with Crippen LogP contribution in [0.4, 0.5) is 0 Å². The van der Waals surface area contributed by atoms with Crippen molar-refractivity contribution in [1.82, 2.24) is 9.80 Å². The van der Waals surface area contributed by atoms with Crippen LogP contribution in [0.3, 0.4) is 0 Å². The van der Waals surface area contributed by atoms with Crippen molar-refractivity contribution in [3.8, 4) is 0 Å². The van der Waals surface area contributed by atoms with Gasteiger partial charge in [-0.3, -0.25) is 4.90 Å². The Labute approximate surface area is 158 Å². The van der Waals surface area contributed by atoms with Crippen LogP contribution in [0.15, 0.2) is 24.3 Å².